The van der Waals surface area contributed by atoms with Crippen molar-refractivity contribution < 1.29 is 5.11 Å². The van der Waals surface area contributed by atoms with Gasteiger partial charge in [0, 0.05) is 37.8 Å². The molecule has 120 valence electrons. The Kier molecular flexibility index (Phi) is 8.03. The van der Waals surface area contributed by atoms with E-state index in [0.29, 0.717) is 0 Å². The van der Waals surface area contributed by atoms with Crippen LogP contribution in [0.3, 0.4) is 0 Å². The summed E-state index contributed by atoms with van der Waals surface area (Å²) in [4.78, 5) is 5.18. The predicted molar refractivity (Wildman–Crippen MR) is 86.2 cm³/mol. The highest BCUT2D eigenvalue weighted by atomic mass is 16.3. The van der Waals surface area contributed by atoms with E-state index in [2.05, 4.69) is 42.8 Å². The second-order valence-electron chi connectivity index (χ2n) is 6.49. The molecule has 0 radical (unpaired) electrons. The van der Waals surface area contributed by atoms with E-state index in [4.69, 9.17) is 0 Å². The summed E-state index contributed by atoms with van der Waals surface area (Å²) in [6.07, 6.45) is 3.45. The van der Waals surface area contributed by atoms with E-state index >= 15 is 0 Å². The van der Waals surface area contributed by atoms with Crippen LogP contribution in [-0.4, -0.2) is 72.4 Å². The molecule has 2 N–H and O–H groups in total. The summed E-state index contributed by atoms with van der Waals surface area (Å²) in [7, 11) is 0. The van der Waals surface area contributed by atoms with Crippen LogP contribution in [0.25, 0.3) is 0 Å². The molecule has 1 rings (SSSR count). The lowest BCUT2D eigenvalue weighted by Crippen LogP contribution is -2.50. The van der Waals surface area contributed by atoms with Crippen LogP contribution in [0.1, 0.15) is 47.0 Å². The zero-order valence-electron chi connectivity index (χ0n) is 14.0. The first kappa shape index (κ1) is 17.9. The molecule has 0 amide bonds. The summed E-state index contributed by atoms with van der Waals surface area (Å²) in [5, 5.41) is 12.9. The maximum absolute atomic E-state index is 9.49. The van der Waals surface area contributed by atoms with Crippen LogP contribution in [0.15, 0.2) is 0 Å². The molecule has 2 atom stereocenters. The molecule has 0 bridgehead atoms. The highest BCUT2D eigenvalue weighted by molar-refractivity contribution is 4.82. The minimum Gasteiger partial charge on any atom is -0.394 e. The van der Waals surface area contributed by atoms with Crippen molar-refractivity contribution in [2.75, 3.05) is 45.9 Å². The van der Waals surface area contributed by atoms with Crippen LogP contribution >= 0.6 is 0 Å². The Morgan fingerprint density at radius 3 is 2.35 bits per heavy atom. The smallest absolute Gasteiger partial charge is 0.0610 e. The Bertz CT molecular complexity index is 254. The van der Waals surface area contributed by atoms with Crippen LogP contribution in [-0.2, 0) is 0 Å². The largest absolute Gasteiger partial charge is 0.394 e. The molecule has 1 aliphatic rings. The molecular weight excluding hydrogens is 250 g/mol. The summed E-state index contributed by atoms with van der Waals surface area (Å²) in [5.74, 6) is 0. The van der Waals surface area contributed by atoms with Gasteiger partial charge in [-0.05, 0) is 46.2 Å². The minimum atomic E-state index is -0.104. The van der Waals surface area contributed by atoms with Crippen molar-refractivity contribution in [3.63, 3.8) is 0 Å². The van der Waals surface area contributed by atoms with E-state index in [0.717, 1.165) is 32.0 Å². The number of piperazine rings is 1. The average Bonchev–Trinajstić information content (AvgIpc) is 2.47. The first-order valence-corrected chi connectivity index (χ1v) is 8.37. The highest BCUT2D eigenvalue weighted by Crippen LogP contribution is 2.14. The lowest BCUT2D eigenvalue weighted by molar-refractivity contribution is 0.0949. The van der Waals surface area contributed by atoms with Gasteiger partial charge in [-0.1, -0.05) is 13.8 Å². The number of aliphatic hydroxyl groups is 1. The SMILES string of the molecule is CCNC(C)(CO)CCCN1CCN(C(C)CC)CC1. The van der Waals surface area contributed by atoms with Gasteiger partial charge in [0.2, 0.25) is 0 Å². The van der Waals surface area contributed by atoms with Gasteiger partial charge in [-0.3, -0.25) is 4.90 Å². The van der Waals surface area contributed by atoms with Crippen LogP contribution < -0.4 is 5.32 Å². The third-order valence-corrected chi connectivity index (χ3v) is 4.78. The molecule has 4 nitrogen and oxygen atoms in total. The number of likely N-dealkylation sites (N-methyl/N-ethyl adjacent to an activating group) is 1. The van der Waals surface area contributed by atoms with Crippen molar-refractivity contribution in [3.05, 3.63) is 0 Å². The maximum Gasteiger partial charge on any atom is 0.0610 e. The van der Waals surface area contributed by atoms with Gasteiger partial charge in [0.25, 0.3) is 0 Å². The maximum atomic E-state index is 9.49. The second kappa shape index (κ2) is 8.98. The lowest BCUT2D eigenvalue weighted by Gasteiger charge is -2.38. The molecule has 0 aliphatic carbocycles. The van der Waals surface area contributed by atoms with Crippen molar-refractivity contribution in [2.24, 2.45) is 0 Å². The van der Waals surface area contributed by atoms with Gasteiger partial charge in [0.05, 0.1) is 6.61 Å². The number of nitrogens with one attached hydrogen (secondary N) is 1. The summed E-state index contributed by atoms with van der Waals surface area (Å²) in [5.41, 5.74) is -0.104. The van der Waals surface area contributed by atoms with Gasteiger partial charge < -0.3 is 15.3 Å². The Morgan fingerprint density at radius 2 is 1.85 bits per heavy atom. The fourth-order valence-corrected chi connectivity index (χ4v) is 3.03. The van der Waals surface area contributed by atoms with Gasteiger partial charge in [-0.15, -0.1) is 0 Å². The van der Waals surface area contributed by atoms with Gasteiger partial charge in [0.15, 0.2) is 0 Å². The van der Waals surface area contributed by atoms with Crippen LogP contribution in [0, 0.1) is 0 Å². The summed E-state index contributed by atoms with van der Waals surface area (Å²) < 4.78 is 0. The Hall–Kier alpha value is -0.160. The fraction of sp³-hybridized carbons (Fsp3) is 1.00. The predicted octanol–water partition coefficient (Wildman–Crippen LogP) is 1.54. The lowest BCUT2D eigenvalue weighted by atomic mass is 9.96. The van der Waals surface area contributed by atoms with E-state index in [1.54, 1.807) is 0 Å². The van der Waals surface area contributed by atoms with E-state index < -0.39 is 0 Å². The number of nitrogens with zero attached hydrogens (tertiary/aromatic N) is 2. The summed E-state index contributed by atoms with van der Waals surface area (Å²) in [6, 6.07) is 0.726. The molecule has 0 aromatic heterocycles. The molecule has 1 heterocycles. The standard InChI is InChI=1S/C16H35N3O/c1-5-15(3)19-12-10-18(11-13-19)9-7-8-16(4,14-20)17-6-2/h15,17,20H,5-14H2,1-4H3. The van der Waals surface area contributed by atoms with Gasteiger partial charge in [0.1, 0.15) is 0 Å². The van der Waals surface area contributed by atoms with Crippen molar-refractivity contribution in [1.29, 1.82) is 0 Å². The van der Waals surface area contributed by atoms with Gasteiger partial charge in [-0.25, -0.2) is 0 Å². The van der Waals surface area contributed by atoms with Crippen molar-refractivity contribution >= 4 is 0 Å². The third kappa shape index (κ3) is 5.68. The van der Waals surface area contributed by atoms with E-state index in [-0.39, 0.29) is 12.1 Å². The number of aliphatic hydroxyl groups excluding tert-OH is 1. The van der Waals surface area contributed by atoms with E-state index in [1.165, 1.54) is 32.6 Å². The first-order chi connectivity index (χ1) is 9.54. The van der Waals surface area contributed by atoms with Gasteiger partial charge in [-0.2, -0.15) is 0 Å². The zero-order valence-corrected chi connectivity index (χ0v) is 14.0. The Balaban J connectivity index is 2.21. The Labute approximate surface area is 125 Å². The number of rotatable bonds is 9. The Morgan fingerprint density at radius 1 is 1.20 bits per heavy atom. The van der Waals surface area contributed by atoms with Crippen LogP contribution in [0.2, 0.25) is 0 Å². The van der Waals surface area contributed by atoms with Crippen molar-refractivity contribution in [3.8, 4) is 0 Å². The molecule has 20 heavy (non-hydrogen) atoms. The topological polar surface area (TPSA) is 38.7 Å². The molecule has 0 aromatic carbocycles. The molecule has 0 saturated carbocycles. The summed E-state index contributed by atoms with van der Waals surface area (Å²) >= 11 is 0. The molecule has 1 saturated heterocycles. The first-order valence-electron chi connectivity index (χ1n) is 8.37. The number of hydrogen-bond donors (Lipinski definition) is 2. The summed E-state index contributed by atoms with van der Waals surface area (Å²) in [6.45, 7) is 15.9. The second-order valence-corrected chi connectivity index (χ2v) is 6.49. The van der Waals surface area contributed by atoms with Gasteiger partial charge >= 0.3 is 0 Å². The van der Waals surface area contributed by atoms with E-state index in [9.17, 15) is 5.11 Å². The fourth-order valence-electron chi connectivity index (χ4n) is 3.03. The monoisotopic (exact) mass is 285 g/mol. The molecule has 0 aromatic rings. The normalized spacial score (nSPS) is 22.6. The molecular formula is C16H35N3O. The average molecular weight is 285 g/mol. The molecule has 1 aliphatic heterocycles. The minimum absolute atomic E-state index is 0.104. The zero-order chi connectivity index (χ0) is 15.0. The van der Waals surface area contributed by atoms with Crippen molar-refractivity contribution in [2.45, 2.75) is 58.5 Å². The third-order valence-electron chi connectivity index (χ3n) is 4.78. The van der Waals surface area contributed by atoms with Crippen LogP contribution in [0.5, 0.6) is 0 Å². The van der Waals surface area contributed by atoms with Crippen molar-refractivity contribution in [1.82, 2.24) is 15.1 Å². The highest BCUT2D eigenvalue weighted by Gasteiger charge is 2.23. The molecule has 0 spiro atoms. The van der Waals surface area contributed by atoms with E-state index in [1.807, 2.05) is 0 Å². The molecule has 2 unspecified atom stereocenters. The molecule has 1 fully saturated rings. The quantitative estimate of drug-likeness (QED) is 0.674. The number of hydrogen-bond acceptors (Lipinski definition) is 4. The molecule has 4 heteroatoms. The van der Waals surface area contributed by atoms with Crippen LogP contribution in [0.4, 0.5) is 0 Å².